The molecule has 0 aliphatic carbocycles. The number of ether oxygens (including phenoxy) is 1. The van der Waals surface area contributed by atoms with Crippen molar-refractivity contribution < 1.29 is 13.9 Å². The van der Waals surface area contributed by atoms with Crippen LogP contribution in [0.3, 0.4) is 0 Å². The third kappa shape index (κ3) is 7.55. The number of aromatic nitrogens is 7. The number of thiophene rings is 1. The summed E-state index contributed by atoms with van der Waals surface area (Å²) < 4.78 is 14.9. The number of fused-ring (bicyclic) bond motifs is 4. The van der Waals surface area contributed by atoms with Crippen molar-refractivity contribution in [1.82, 2.24) is 39.6 Å². The van der Waals surface area contributed by atoms with Crippen LogP contribution in [0.1, 0.15) is 64.4 Å². The molecule has 2 aromatic carbocycles. The summed E-state index contributed by atoms with van der Waals surface area (Å²) in [4.78, 5) is 50.0. The van der Waals surface area contributed by atoms with Gasteiger partial charge in [0, 0.05) is 73.0 Å². The van der Waals surface area contributed by atoms with Crippen LogP contribution in [0, 0.1) is 26.2 Å². The van der Waals surface area contributed by atoms with E-state index in [1.807, 2.05) is 25.1 Å². The van der Waals surface area contributed by atoms with Gasteiger partial charge in [-0.1, -0.05) is 23.7 Å². The van der Waals surface area contributed by atoms with E-state index in [1.165, 1.54) is 27.7 Å². The molecule has 3 aliphatic rings. The highest BCUT2D eigenvalue weighted by atomic mass is 35.5. The van der Waals surface area contributed by atoms with E-state index in [1.54, 1.807) is 43.1 Å². The highest BCUT2D eigenvalue weighted by Gasteiger charge is 2.42. The lowest BCUT2D eigenvalue weighted by molar-refractivity contribution is -0.122. The molecular weight excluding hydrogens is 852 g/mol. The van der Waals surface area contributed by atoms with E-state index in [9.17, 15) is 9.59 Å². The number of hydrogen-bond donors (Lipinski definition) is 2. The number of piperidine rings is 1. The second-order valence-electron chi connectivity index (χ2n) is 16.8. The number of oxazole rings is 1. The van der Waals surface area contributed by atoms with Crippen LogP contribution < -0.4 is 30.7 Å². The van der Waals surface area contributed by atoms with Gasteiger partial charge in [0.15, 0.2) is 29.9 Å². The fourth-order valence-corrected chi connectivity index (χ4v) is 10.6. The molecule has 5 aromatic heterocycles. The molecule has 16 nitrogen and oxygen atoms in total. The van der Waals surface area contributed by atoms with E-state index in [0.29, 0.717) is 34.6 Å². The van der Waals surface area contributed by atoms with Crippen molar-refractivity contribution in [2.24, 2.45) is 17.5 Å². The number of hydrogen-bond acceptors (Lipinski definition) is 14. The van der Waals surface area contributed by atoms with Crippen molar-refractivity contribution in [3.63, 3.8) is 0 Å². The van der Waals surface area contributed by atoms with E-state index in [-0.39, 0.29) is 35.3 Å². The van der Waals surface area contributed by atoms with Gasteiger partial charge in [-0.05, 0) is 87.4 Å². The average Bonchev–Trinajstić information content (AvgIpc) is 4.10. The van der Waals surface area contributed by atoms with Gasteiger partial charge in [0.2, 0.25) is 5.95 Å². The molecule has 18 heteroatoms. The summed E-state index contributed by atoms with van der Waals surface area (Å²) >= 11 is 8.41. The van der Waals surface area contributed by atoms with Gasteiger partial charge in [0.05, 0.1) is 30.0 Å². The SMILES string of the molecule is CNC(=O)COc1cc2cc(Nc3nc(N4CCC5(CCN(c6ccc(C7=N[C@@H](Cc8ncco8)c8nnc(C)n8-c8sc(C)c(C)c87)cc6)CC5)C4)ncc3Cl)ccc2n(C)c1=O. The van der Waals surface area contributed by atoms with Crippen LogP contribution in [0.15, 0.2) is 81.4 Å². The molecule has 1 amide bonds. The summed E-state index contributed by atoms with van der Waals surface area (Å²) in [6.07, 6.45) is 8.56. The number of aryl methyl sites for hydroxylation is 3. The lowest BCUT2D eigenvalue weighted by atomic mass is 9.77. The Labute approximate surface area is 378 Å². The maximum Gasteiger partial charge on any atom is 0.293 e. The van der Waals surface area contributed by atoms with E-state index in [4.69, 9.17) is 30.7 Å². The third-order valence-corrected chi connectivity index (χ3v) is 14.4. The Morgan fingerprint density at radius 2 is 1.80 bits per heavy atom. The zero-order valence-corrected chi connectivity index (χ0v) is 37.8. The zero-order chi connectivity index (χ0) is 44.3. The number of carbonyl (C=O) groups excluding carboxylic acids is 1. The Morgan fingerprint density at radius 1 is 1.02 bits per heavy atom. The lowest BCUT2D eigenvalue weighted by Crippen LogP contribution is -2.41. The topological polar surface area (TPSA) is 174 Å². The summed E-state index contributed by atoms with van der Waals surface area (Å²) in [6, 6.07) is 15.8. The molecule has 1 atom stereocenters. The molecule has 2 fully saturated rings. The number of nitrogens with one attached hydrogen (secondary N) is 2. The smallest absolute Gasteiger partial charge is 0.293 e. The predicted octanol–water partition coefficient (Wildman–Crippen LogP) is 7.04. The van der Waals surface area contributed by atoms with Gasteiger partial charge in [0.1, 0.15) is 28.2 Å². The molecule has 1 spiro atoms. The maximum atomic E-state index is 12.9. The number of nitrogens with zero attached hydrogens (tertiary/aromatic N) is 10. The first kappa shape index (κ1) is 41.4. The van der Waals surface area contributed by atoms with E-state index in [2.05, 4.69) is 83.3 Å². The summed E-state index contributed by atoms with van der Waals surface area (Å²) in [7, 11) is 3.19. The normalized spacial score (nSPS) is 16.7. The van der Waals surface area contributed by atoms with E-state index in [0.717, 1.165) is 90.0 Å². The van der Waals surface area contributed by atoms with Gasteiger partial charge in [0.25, 0.3) is 11.5 Å². The first-order chi connectivity index (χ1) is 31.0. The quantitative estimate of drug-likeness (QED) is 0.144. The molecule has 3 aliphatic heterocycles. The molecule has 0 saturated carbocycles. The fourth-order valence-electron chi connectivity index (χ4n) is 9.21. The monoisotopic (exact) mass is 898 g/mol. The minimum atomic E-state index is -0.328. The van der Waals surface area contributed by atoms with Crippen LogP contribution in [0.25, 0.3) is 15.9 Å². The molecule has 2 N–H and O–H groups in total. The molecule has 0 radical (unpaired) electrons. The Kier molecular flexibility index (Phi) is 10.7. The Morgan fingerprint density at radius 3 is 2.55 bits per heavy atom. The van der Waals surface area contributed by atoms with Crippen LogP contribution in [-0.2, 0) is 18.3 Å². The van der Waals surface area contributed by atoms with E-state index < -0.39 is 0 Å². The van der Waals surface area contributed by atoms with Crippen LogP contribution >= 0.6 is 22.9 Å². The van der Waals surface area contributed by atoms with E-state index >= 15 is 0 Å². The highest BCUT2D eigenvalue weighted by Crippen LogP contribution is 2.44. The van der Waals surface area contributed by atoms with Crippen molar-refractivity contribution in [3.05, 3.63) is 122 Å². The third-order valence-electron chi connectivity index (χ3n) is 13.0. The Hall–Kier alpha value is -6.59. The molecule has 0 bridgehead atoms. The summed E-state index contributed by atoms with van der Waals surface area (Å²) in [6.45, 7) is 9.70. The van der Waals surface area contributed by atoms with Gasteiger partial charge < -0.3 is 34.2 Å². The van der Waals surface area contributed by atoms with Gasteiger partial charge in [-0.3, -0.25) is 19.1 Å². The van der Waals surface area contributed by atoms with Crippen molar-refractivity contribution in [1.29, 1.82) is 0 Å². The van der Waals surface area contributed by atoms with Crippen LogP contribution in [0.4, 0.5) is 23.1 Å². The van der Waals surface area contributed by atoms with Crippen LogP contribution in [0.2, 0.25) is 5.02 Å². The molecule has 7 aromatic rings. The number of carbonyl (C=O) groups is 1. The van der Waals surface area contributed by atoms with Crippen molar-refractivity contribution in [2.45, 2.75) is 52.5 Å². The summed E-state index contributed by atoms with van der Waals surface area (Å²) in [5.74, 6) is 3.11. The standard InChI is InChI=1S/C46H47ClN12O4S/c1-26-27(2)64-44-39(26)40(52-34(22-38-49-15-19-62-38)42-55-54-28(3)59(42)44)29-6-9-32(10-7-29)57-16-12-46(13-17-57)14-18-58(25-46)45-50-23-33(47)41(53-45)51-31-8-11-35-30(20-31)21-36(43(61)56(35)5)63-24-37(60)48-4/h6-11,15,19-21,23,34H,12-14,16-18,22,24-25H2,1-5H3,(H,48,60)(H,50,51,53)/t34-/m0/s1. The van der Waals surface area contributed by atoms with Crippen LogP contribution in [-0.4, -0.2) is 85.7 Å². The van der Waals surface area contributed by atoms with Gasteiger partial charge >= 0.3 is 0 Å². The second kappa shape index (κ2) is 16.5. The first-order valence-electron chi connectivity index (χ1n) is 21.3. The number of rotatable bonds is 10. The lowest BCUT2D eigenvalue weighted by Gasteiger charge is -2.40. The number of halogens is 1. The molecular formula is C46H47ClN12O4S. The van der Waals surface area contributed by atoms with Gasteiger partial charge in [-0.15, -0.1) is 21.5 Å². The largest absolute Gasteiger partial charge is 0.478 e. The molecule has 8 heterocycles. The van der Waals surface area contributed by atoms with Crippen molar-refractivity contribution >= 4 is 68.6 Å². The fraction of sp³-hybridized carbons (Fsp3) is 0.348. The molecule has 64 heavy (non-hydrogen) atoms. The number of pyridine rings is 1. The Balaban J connectivity index is 0.826. The molecule has 2 saturated heterocycles. The van der Waals surface area contributed by atoms with Crippen molar-refractivity contribution in [2.75, 3.05) is 55.0 Å². The minimum Gasteiger partial charge on any atom is -0.478 e. The first-order valence-corrected chi connectivity index (χ1v) is 22.5. The summed E-state index contributed by atoms with van der Waals surface area (Å²) in [5, 5.41) is 17.2. The van der Waals surface area contributed by atoms with Gasteiger partial charge in [-0.2, -0.15) is 4.98 Å². The predicted molar refractivity (Wildman–Crippen MR) is 248 cm³/mol. The van der Waals surface area contributed by atoms with Crippen LogP contribution in [0.5, 0.6) is 5.75 Å². The number of likely N-dealkylation sites (N-methyl/N-ethyl adjacent to an activating group) is 1. The second-order valence-corrected chi connectivity index (χ2v) is 18.4. The molecule has 10 rings (SSSR count). The maximum absolute atomic E-state index is 12.9. The minimum absolute atomic E-state index is 0.0882. The van der Waals surface area contributed by atoms with Gasteiger partial charge in [-0.25, -0.2) is 9.97 Å². The molecule has 328 valence electrons. The zero-order valence-electron chi connectivity index (χ0n) is 36.2. The summed E-state index contributed by atoms with van der Waals surface area (Å²) in [5.41, 5.74) is 6.81. The highest BCUT2D eigenvalue weighted by molar-refractivity contribution is 7.15. The van der Waals surface area contributed by atoms with Crippen molar-refractivity contribution in [3.8, 4) is 10.8 Å². The average molecular weight is 899 g/mol. The number of amides is 1. The Bertz CT molecular complexity index is 3010. The number of aliphatic imine (C=N–C) groups is 1. The number of benzene rings is 2. The number of anilines is 4. The molecule has 0 unspecified atom stereocenters.